The monoisotopic (exact) mass is 212 g/mol. The van der Waals surface area contributed by atoms with Crippen LogP contribution in [0.3, 0.4) is 0 Å². The molecule has 0 fully saturated rings. The second kappa shape index (κ2) is 4.79. The van der Waals surface area contributed by atoms with Gasteiger partial charge in [-0.05, 0) is 19.3 Å². The van der Waals surface area contributed by atoms with Crippen LogP contribution < -0.4 is 0 Å². The van der Waals surface area contributed by atoms with E-state index in [1.165, 1.54) is 7.11 Å². The maximum Gasteiger partial charge on any atom is 0.312 e. The minimum atomic E-state index is -0.327. The first-order valence-corrected chi connectivity index (χ1v) is 5.48. The molecule has 3 nitrogen and oxygen atoms in total. The minimum absolute atomic E-state index is 0.132. The Hall–Kier alpha value is -0.830. The van der Waals surface area contributed by atoms with Crippen molar-refractivity contribution in [1.82, 2.24) is 0 Å². The third-order valence-electron chi connectivity index (χ3n) is 3.36. The topological polar surface area (TPSA) is 46.5 Å². The molecule has 0 spiro atoms. The van der Waals surface area contributed by atoms with Crippen LogP contribution in [0.25, 0.3) is 0 Å². The average Bonchev–Trinajstić information content (AvgIpc) is 2.28. The summed E-state index contributed by atoms with van der Waals surface area (Å²) in [6.07, 6.45) is 5.84. The van der Waals surface area contributed by atoms with Gasteiger partial charge in [-0.2, -0.15) is 0 Å². The van der Waals surface area contributed by atoms with Gasteiger partial charge in [0.2, 0.25) is 0 Å². The maximum absolute atomic E-state index is 11.3. The molecule has 3 heteroatoms. The van der Waals surface area contributed by atoms with Crippen molar-refractivity contribution in [2.45, 2.75) is 39.2 Å². The molecule has 1 N–H and O–H groups in total. The van der Waals surface area contributed by atoms with Crippen LogP contribution in [-0.2, 0) is 9.53 Å². The lowest BCUT2D eigenvalue weighted by atomic mass is 9.73. The summed E-state index contributed by atoms with van der Waals surface area (Å²) in [7, 11) is 1.41. The molecular weight excluding hydrogens is 192 g/mol. The van der Waals surface area contributed by atoms with Crippen molar-refractivity contribution >= 4 is 5.97 Å². The Balaban J connectivity index is 2.68. The standard InChI is InChI=1S/C12H20O3/c1-4-10(13)12(2)7-5-9(6-8-12)11(14)15-3/h5,7,9-10,13H,4,6,8H2,1-3H3/t9?,10-,12+/m0/s1. The first-order valence-electron chi connectivity index (χ1n) is 5.48. The van der Waals surface area contributed by atoms with Gasteiger partial charge >= 0.3 is 5.97 Å². The molecule has 15 heavy (non-hydrogen) atoms. The van der Waals surface area contributed by atoms with E-state index in [4.69, 9.17) is 4.74 Å². The molecule has 1 aliphatic rings. The first-order chi connectivity index (χ1) is 7.03. The van der Waals surface area contributed by atoms with Crippen molar-refractivity contribution in [3.05, 3.63) is 12.2 Å². The predicted molar refractivity (Wildman–Crippen MR) is 58.3 cm³/mol. The van der Waals surface area contributed by atoms with Crippen LogP contribution in [0.15, 0.2) is 12.2 Å². The molecule has 0 amide bonds. The van der Waals surface area contributed by atoms with Gasteiger partial charge in [0.05, 0.1) is 19.1 Å². The minimum Gasteiger partial charge on any atom is -0.469 e. The number of aliphatic hydroxyl groups is 1. The van der Waals surface area contributed by atoms with Crippen LogP contribution in [0.5, 0.6) is 0 Å². The molecule has 0 aliphatic heterocycles. The highest BCUT2D eigenvalue weighted by Crippen LogP contribution is 2.37. The molecule has 1 rings (SSSR count). The number of rotatable bonds is 3. The number of aliphatic hydroxyl groups excluding tert-OH is 1. The lowest BCUT2D eigenvalue weighted by molar-refractivity contribution is -0.144. The zero-order valence-corrected chi connectivity index (χ0v) is 9.69. The molecule has 0 bridgehead atoms. The van der Waals surface area contributed by atoms with Crippen molar-refractivity contribution < 1.29 is 14.6 Å². The van der Waals surface area contributed by atoms with Crippen LogP contribution in [0.2, 0.25) is 0 Å². The van der Waals surface area contributed by atoms with E-state index >= 15 is 0 Å². The van der Waals surface area contributed by atoms with Crippen molar-refractivity contribution in [2.24, 2.45) is 11.3 Å². The number of carbonyl (C=O) groups excluding carboxylic acids is 1. The van der Waals surface area contributed by atoms with E-state index in [1.54, 1.807) is 0 Å². The van der Waals surface area contributed by atoms with Gasteiger partial charge in [-0.1, -0.05) is 26.0 Å². The van der Waals surface area contributed by atoms with Gasteiger partial charge in [0.25, 0.3) is 0 Å². The summed E-state index contributed by atoms with van der Waals surface area (Å²) >= 11 is 0. The van der Waals surface area contributed by atoms with Gasteiger partial charge in [0.1, 0.15) is 0 Å². The molecule has 1 unspecified atom stereocenters. The largest absolute Gasteiger partial charge is 0.469 e. The first kappa shape index (κ1) is 12.2. The highest BCUT2D eigenvalue weighted by Gasteiger charge is 2.34. The second-order valence-corrected chi connectivity index (χ2v) is 4.46. The zero-order valence-electron chi connectivity index (χ0n) is 9.69. The van der Waals surface area contributed by atoms with Crippen LogP contribution >= 0.6 is 0 Å². The molecule has 0 saturated heterocycles. The van der Waals surface area contributed by atoms with Gasteiger partial charge in [-0.3, -0.25) is 4.79 Å². The van der Waals surface area contributed by atoms with E-state index in [0.29, 0.717) is 0 Å². The van der Waals surface area contributed by atoms with E-state index < -0.39 is 0 Å². The fraction of sp³-hybridized carbons (Fsp3) is 0.750. The fourth-order valence-electron chi connectivity index (χ4n) is 2.07. The van der Waals surface area contributed by atoms with Crippen LogP contribution in [-0.4, -0.2) is 24.3 Å². The highest BCUT2D eigenvalue weighted by atomic mass is 16.5. The van der Waals surface area contributed by atoms with E-state index in [1.807, 2.05) is 26.0 Å². The van der Waals surface area contributed by atoms with Crippen molar-refractivity contribution in [3.8, 4) is 0 Å². The summed E-state index contributed by atoms with van der Waals surface area (Å²) in [6.45, 7) is 4.00. The van der Waals surface area contributed by atoms with Crippen molar-refractivity contribution in [1.29, 1.82) is 0 Å². The summed E-state index contributed by atoms with van der Waals surface area (Å²) in [4.78, 5) is 11.3. The zero-order chi connectivity index (χ0) is 11.5. The van der Waals surface area contributed by atoms with Crippen molar-refractivity contribution in [2.75, 3.05) is 7.11 Å². The molecular formula is C12H20O3. The Labute approximate surface area is 91.1 Å². The molecule has 0 saturated carbocycles. The number of hydrogen-bond donors (Lipinski definition) is 1. The molecule has 3 atom stereocenters. The Bertz CT molecular complexity index is 260. The normalized spacial score (nSPS) is 32.4. The van der Waals surface area contributed by atoms with Gasteiger partial charge in [0.15, 0.2) is 0 Å². The maximum atomic E-state index is 11.3. The Morgan fingerprint density at radius 3 is 2.80 bits per heavy atom. The SMILES string of the molecule is CC[C@H](O)[C@]1(C)C=CC(C(=O)OC)CC1. The second-order valence-electron chi connectivity index (χ2n) is 4.46. The average molecular weight is 212 g/mol. The van der Waals surface area contributed by atoms with Gasteiger partial charge < -0.3 is 9.84 Å². The quantitative estimate of drug-likeness (QED) is 0.574. The summed E-state index contributed by atoms with van der Waals surface area (Å²) in [5, 5.41) is 9.86. The smallest absolute Gasteiger partial charge is 0.312 e. The summed E-state index contributed by atoms with van der Waals surface area (Å²) in [6, 6.07) is 0. The molecule has 0 aromatic heterocycles. The molecule has 86 valence electrons. The fourth-order valence-corrected chi connectivity index (χ4v) is 2.07. The van der Waals surface area contributed by atoms with E-state index in [9.17, 15) is 9.90 Å². The molecule has 0 heterocycles. The van der Waals surface area contributed by atoms with Crippen LogP contribution in [0.4, 0.5) is 0 Å². The third-order valence-corrected chi connectivity index (χ3v) is 3.36. The predicted octanol–water partition coefficient (Wildman–Crippen LogP) is 1.90. The lowest BCUT2D eigenvalue weighted by Gasteiger charge is -2.35. The highest BCUT2D eigenvalue weighted by molar-refractivity contribution is 5.74. The summed E-state index contributed by atoms with van der Waals surface area (Å²) in [5.74, 6) is -0.314. The number of carbonyl (C=O) groups is 1. The molecule has 1 aliphatic carbocycles. The van der Waals surface area contributed by atoms with Crippen LogP contribution in [0, 0.1) is 11.3 Å². The van der Waals surface area contributed by atoms with Gasteiger partial charge in [-0.25, -0.2) is 0 Å². The summed E-state index contributed by atoms with van der Waals surface area (Å²) in [5.41, 5.74) is -0.181. The third kappa shape index (κ3) is 2.59. The number of hydrogen-bond acceptors (Lipinski definition) is 3. The Kier molecular flexibility index (Phi) is 3.91. The van der Waals surface area contributed by atoms with Gasteiger partial charge in [0, 0.05) is 5.41 Å². The number of ether oxygens (including phenoxy) is 1. The number of methoxy groups -OCH3 is 1. The van der Waals surface area contributed by atoms with E-state index in [2.05, 4.69) is 0 Å². The van der Waals surface area contributed by atoms with E-state index in [0.717, 1.165) is 19.3 Å². The molecule has 0 aromatic rings. The molecule has 0 radical (unpaired) electrons. The van der Waals surface area contributed by atoms with Crippen molar-refractivity contribution in [3.63, 3.8) is 0 Å². The molecule has 0 aromatic carbocycles. The summed E-state index contributed by atoms with van der Waals surface area (Å²) < 4.78 is 4.69. The Morgan fingerprint density at radius 2 is 2.40 bits per heavy atom. The Morgan fingerprint density at radius 1 is 1.73 bits per heavy atom. The van der Waals surface area contributed by atoms with Gasteiger partial charge in [-0.15, -0.1) is 0 Å². The lowest BCUT2D eigenvalue weighted by Crippen LogP contribution is -2.34. The number of esters is 1. The van der Waals surface area contributed by atoms with E-state index in [-0.39, 0.29) is 23.4 Å². The van der Waals surface area contributed by atoms with Crippen LogP contribution in [0.1, 0.15) is 33.1 Å².